The Kier molecular flexibility index (Phi) is 4.54. The van der Waals surface area contributed by atoms with Crippen LogP contribution in [0.3, 0.4) is 0 Å². The van der Waals surface area contributed by atoms with Crippen LogP contribution in [-0.2, 0) is 11.3 Å². The molecule has 1 atom stereocenters. The van der Waals surface area contributed by atoms with Crippen molar-refractivity contribution in [2.75, 3.05) is 6.54 Å². The van der Waals surface area contributed by atoms with Crippen LogP contribution in [0.2, 0.25) is 5.02 Å². The highest BCUT2D eigenvalue weighted by Gasteiger charge is 2.46. The summed E-state index contributed by atoms with van der Waals surface area (Å²) < 4.78 is 0.962. The first-order valence-electron chi connectivity index (χ1n) is 6.42. The average molecular weight is 347 g/mol. The van der Waals surface area contributed by atoms with E-state index in [0.29, 0.717) is 24.4 Å². The van der Waals surface area contributed by atoms with E-state index in [2.05, 4.69) is 15.9 Å². The van der Waals surface area contributed by atoms with E-state index in [4.69, 9.17) is 11.6 Å². The molecular formula is C14H17BrClNO2. The van der Waals surface area contributed by atoms with Gasteiger partial charge in [0.2, 0.25) is 0 Å². The second-order valence-electron chi connectivity index (χ2n) is 4.95. The fourth-order valence-electron chi connectivity index (χ4n) is 2.83. The lowest BCUT2D eigenvalue weighted by Gasteiger charge is -2.34. The van der Waals surface area contributed by atoms with E-state index in [1.54, 1.807) is 0 Å². The summed E-state index contributed by atoms with van der Waals surface area (Å²) in [6, 6.07) is 5.69. The summed E-state index contributed by atoms with van der Waals surface area (Å²) in [7, 11) is 0. The first-order valence-corrected chi connectivity index (χ1v) is 7.59. The van der Waals surface area contributed by atoms with Crippen LogP contribution in [0.5, 0.6) is 0 Å². The summed E-state index contributed by atoms with van der Waals surface area (Å²) in [4.78, 5) is 13.7. The molecule has 104 valence electrons. The van der Waals surface area contributed by atoms with E-state index >= 15 is 0 Å². The van der Waals surface area contributed by atoms with Gasteiger partial charge in [-0.05, 0) is 49.6 Å². The van der Waals surface area contributed by atoms with Crippen molar-refractivity contribution in [1.29, 1.82) is 0 Å². The molecule has 2 rings (SSSR count). The molecule has 5 heteroatoms. The maximum Gasteiger partial charge on any atom is 0.324 e. The van der Waals surface area contributed by atoms with Gasteiger partial charge in [0.15, 0.2) is 0 Å². The van der Waals surface area contributed by atoms with Gasteiger partial charge in [-0.15, -0.1) is 0 Å². The lowest BCUT2D eigenvalue weighted by Crippen LogP contribution is -2.49. The number of nitrogens with zero attached hydrogens (tertiary/aromatic N) is 1. The van der Waals surface area contributed by atoms with E-state index in [0.717, 1.165) is 23.0 Å². The van der Waals surface area contributed by atoms with E-state index < -0.39 is 11.5 Å². The topological polar surface area (TPSA) is 40.5 Å². The second kappa shape index (κ2) is 5.81. The van der Waals surface area contributed by atoms with Gasteiger partial charge in [0.1, 0.15) is 5.54 Å². The summed E-state index contributed by atoms with van der Waals surface area (Å²) in [5.74, 6) is -0.724. The van der Waals surface area contributed by atoms with Crippen LogP contribution in [-0.4, -0.2) is 28.1 Å². The van der Waals surface area contributed by atoms with Gasteiger partial charge >= 0.3 is 5.97 Å². The molecule has 1 aliphatic heterocycles. The summed E-state index contributed by atoms with van der Waals surface area (Å²) in [5.41, 5.74) is 0.239. The Morgan fingerprint density at radius 1 is 1.58 bits per heavy atom. The molecule has 0 saturated carbocycles. The SMILES string of the molecule is CCC1(C(=O)O)CCCN1Cc1cc(Br)ccc1Cl. The number of benzene rings is 1. The van der Waals surface area contributed by atoms with Crippen molar-refractivity contribution in [2.24, 2.45) is 0 Å². The fourth-order valence-corrected chi connectivity index (χ4v) is 3.41. The maximum atomic E-state index is 11.6. The standard InChI is InChI=1S/C14H17BrClNO2/c1-2-14(13(18)19)6-3-7-17(14)9-10-8-11(15)4-5-12(10)16/h4-5,8H,2-3,6-7,9H2,1H3,(H,18,19). The van der Waals surface area contributed by atoms with Gasteiger partial charge in [0, 0.05) is 16.0 Å². The third-order valence-corrected chi connectivity index (χ3v) is 4.84. The first kappa shape index (κ1) is 14.8. The number of likely N-dealkylation sites (tertiary alicyclic amines) is 1. The lowest BCUT2D eigenvalue weighted by molar-refractivity contribution is -0.150. The molecule has 1 aromatic carbocycles. The second-order valence-corrected chi connectivity index (χ2v) is 6.27. The monoisotopic (exact) mass is 345 g/mol. The molecule has 19 heavy (non-hydrogen) atoms. The largest absolute Gasteiger partial charge is 0.480 e. The van der Waals surface area contributed by atoms with Crippen molar-refractivity contribution in [1.82, 2.24) is 4.90 Å². The molecule has 0 bridgehead atoms. The highest BCUT2D eigenvalue weighted by atomic mass is 79.9. The van der Waals surface area contributed by atoms with Crippen molar-refractivity contribution < 1.29 is 9.90 Å². The van der Waals surface area contributed by atoms with Crippen molar-refractivity contribution in [3.63, 3.8) is 0 Å². The minimum absolute atomic E-state index is 0.582. The van der Waals surface area contributed by atoms with Crippen LogP contribution in [0, 0.1) is 0 Å². The van der Waals surface area contributed by atoms with Gasteiger partial charge in [-0.25, -0.2) is 0 Å². The number of carbonyl (C=O) groups is 1. The van der Waals surface area contributed by atoms with Crippen LogP contribution in [0.1, 0.15) is 31.7 Å². The highest BCUT2D eigenvalue weighted by Crippen LogP contribution is 2.35. The maximum absolute atomic E-state index is 11.6. The summed E-state index contributed by atoms with van der Waals surface area (Å²) in [6.45, 7) is 3.33. The van der Waals surface area contributed by atoms with Gasteiger partial charge in [0.05, 0.1) is 0 Å². The molecule has 1 aromatic rings. The molecule has 1 aliphatic rings. The average Bonchev–Trinajstić information content (AvgIpc) is 2.78. The zero-order valence-electron chi connectivity index (χ0n) is 10.8. The highest BCUT2D eigenvalue weighted by molar-refractivity contribution is 9.10. The number of rotatable bonds is 4. The van der Waals surface area contributed by atoms with E-state index in [1.165, 1.54) is 0 Å². The molecule has 1 heterocycles. The van der Waals surface area contributed by atoms with Crippen LogP contribution >= 0.6 is 27.5 Å². The van der Waals surface area contributed by atoms with Crippen LogP contribution in [0.4, 0.5) is 0 Å². The minimum Gasteiger partial charge on any atom is -0.480 e. The molecule has 0 amide bonds. The van der Waals surface area contributed by atoms with Gasteiger partial charge in [-0.1, -0.05) is 34.5 Å². The number of aliphatic carboxylic acids is 1. The third-order valence-electron chi connectivity index (χ3n) is 3.98. The normalized spacial score (nSPS) is 23.7. The van der Waals surface area contributed by atoms with Crippen molar-refractivity contribution in [3.05, 3.63) is 33.3 Å². The van der Waals surface area contributed by atoms with Crippen LogP contribution in [0.15, 0.2) is 22.7 Å². The molecular weight excluding hydrogens is 330 g/mol. The Morgan fingerprint density at radius 2 is 2.32 bits per heavy atom. The number of halogens is 2. The number of carboxylic acids is 1. The Bertz CT molecular complexity index is 494. The summed E-state index contributed by atoms with van der Waals surface area (Å²) in [5, 5.41) is 10.2. The van der Waals surface area contributed by atoms with Crippen LogP contribution in [0.25, 0.3) is 0 Å². The molecule has 0 radical (unpaired) electrons. The van der Waals surface area contributed by atoms with E-state index in [9.17, 15) is 9.90 Å². The van der Waals surface area contributed by atoms with Crippen molar-refractivity contribution >= 4 is 33.5 Å². The Morgan fingerprint density at radius 3 is 2.95 bits per heavy atom. The Labute approximate surface area is 126 Å². The smallest absolute Gasteiger partial charge is 0.324 e. The van der Waals surface area contributed by atoms with Crippen molar-refractivity contribution in [3.8, 4) is 0 Å². The molecule has 1 unspecified atom stereocenters. The van der Waals surface area contributed by atoms with Crippen LogP contribution < -0.4 is 0 Å². The molecule has 1 fully saturated rings. The van der Waals surface area contributed by atoms with Gasteiger partial charge in [-0.2, -0.15) is 0 Å². The van der Waals surface area contributed by atoms with Gasteiger partial charge in [0.25, 0.3) is 0 Å². The molecule has 3 nitrogen and oxygen atoms in total. The third kappa shape index (κ3) is 2.81. The predicted octanol–water partition coefficient (Wildman–Crippen LogP) is 3.93. The van der Waals surface area contributed by atoms with Crippen molar-refractivity contribution in [2.45, 2.75) is 38.3 Å². The predicted molar refractivity (Wildman–Crippen MR) is 79.5 cm³/mol. The quantitative estimate of drug-likeness (QED) is 0.898. The Hall–Kier alpha value is -0.580. The minimum atomic E-state index is -0.731. The molecule has 1 saturated heterocycles. The molecule has 0 spiro atoms. The summed E-state index contributed by atoms with van der Waals surface area (Å²) >= 11 is 9.62. The Balaban J connectivity index is 2.27. The molecule has 0 aliphatic carbocycles. The van der Waals surface area contributed by atoms with E-state index in [-0.39, 0.29) is 0 Å². The van der Waals surface area contributed by atoms with E-state index in [1.807, 2.05) is 30.0 Å². The van der Waals surface area contributed by atoms with Gasteiger partial charge in [-0.3, -0.25) is 9.69 Å². The number of hydrogen-bond acceptors (Lipinski definition) is 2. The molecule has 1 N–H and O–H groups in total. The fraction of sp³-hybridized carbons (Fsp3) is 0.500. The number of carboxylic acid groups (broad SMARTS) is 1. The molecule has 0 aromatic heterocycles. The van der Waals surface area contributed by atoms with Gasteiger partial charge < -0.3 is 5.11 Å². The first-order chi connectivity index (χ1) is 8.99. The lowest BCUT2D eigenvalue weighted by atomic mass is 9.92. The number of hydrogen-bond donors (Lipinski definition) is 1. The summed E-state index contributed by atoms with van der Waals surface area (Å²) in [6.07, 6.45) is 2.25. The zero-order chi connectivity index (χ0) is 14.0. The zero-order valence-corrected chi connectivity index (χ0v) is 13.2.